The van der Waals surface area contributed by atoms with E-state index in [1.165, 1.54) is 0 Å². The average molecular weight is 336 g/mol. The van der Waals surface area contributed by atoms with Crippen LogP contribution in [0.4, 0.5) is 0 Å². The molecule has 0 spiro atoms. The Kier molecular flexibility index (Phi) is 5.43. The molecule has 2 fully saturated rings. The van der Waals surface area contributed by atoms with Gasteiger partial charge in [0.1, 0.15) is 5.78 Å². The maximum absolute atomic E-state index is 12.4. The molecule has 0 saturated heterocycles. The van der Waals surface area contributed by atoms with Gasteiger partial charge in [-0.25, -0.2) is 0 Å². The molecule has 0 amide bonds. The van der Waals surface area contributed by atoms with Gasteiger partial charge in [0.2, 0.25) is 0 Å². The lowest BCUT2D eigenvalue weighted by Gasteiger charge is -2.58. The summed E-state index contributed by atoms with van der Waals surface area (Å²) in [5, 5.41) is 29.5. The molecule has 0 aromatic carbocycles. The SMILES string of the molecule is C=C(CCC1C(=C)CC(O)C2C(C)(C)C(=O)CCC12C)C(O)CO. The van der Waals surface area contributed by atoms with Crippen molar-refractivity contribution in [2.24, 2.45) is 22.7 Å². The fourth-order valence-corrected chi connectivity index (χ4v) is 5.32. The van der Waals surface area contributed by atoms with Crippen LogP contribution < -0.4 is 0 Å². The molecule has 4 heteroatoms. The molecule has 0 aromatic heterocycles. The normalized spacial score (nSPS) is 37.0. The van der Waals surface area contributed by atoms with Crippen LogP contribution in [0.1, 0.15) is 52.9 Å². The van der Waals surface area contributed by atoms with Gasteiger partial charge in [0.25, 0.3) is 0 Å². The lowest BCUT2D eigenvalue weighted by atomic mass is 9.46. The molecule has 0 aliphatic heterocycles. The molecule has 0 aromatic rings. The highest BCUT2D eigenvalue weighted by Gasteiger charge is 2.59. The minimum absolute atomic E-state index is 0.0854. The topological polar surface area (TPSA) is 77.8 Å². The van der Waals surface area contributed by atoms with Gasteiger partial charge in [0, 0.05) is 17.8 Å². The Morgan fingerprint density at radius 2 is 2.00 bits per heavy atom. The van der Waals surface area contributed by atoms with E-state index < -0.39 is 17.6 Å². The van der Waals surface area contributed by atoms with Gasteiger partial charge in [0.05, 0.1) is 18.8 Å². The van der Waals surface area contributed by atoms with Gasteiger partial charge in [-0.15, -0.1) is 0 Å². The number of rotatable bonds is 5. The molecular formula is C20H32O4. The van der Waals surface area contributed by atoms with E-state index in [2.05, 4.69) is 20.1 Å². The molecule has 5 atom stereocenters. The fourth-order valence-electron chi connectivity index (χ4n) is 5.32. The van der Waals surface area contributed by atoms with E-state index in [1.807, 2.05) is 13.8 Å². The first-order valence-corrected chi connectivity index (χ1v) is 8.91. The summed E-state index contributed by atoms with van der Waals surface area (Å²) in [5.41, 5.74) is 0.934. The van der Waals surface area contributed by atoms with Gasteiger partial charge in [-0.05, 0) is 42.6 Å². The second-order valence-electron chi connectivity index (χ2n) is 8.51. The van der Waals surface area contributed by atoms with Crippen LogP contribution in [0.25, 0.3) is 0 Å². The number of hydrogen-bond donors (Lipinski definition) is 3. The molecular weight excluding hydrogens is 304 g/mol. The summed E-state index contributed by atoms with van der Waals surface area (Å²) in [6, 6.07) is 0. The summed E-state index contributed by atoms with van der Waals surface area (Å²) in [6.07, 6.45) is 1.78. The van der Waals surface area contributed by atoms with Gasteiger partial charge in [0.15, 0.2) is 0 Å². The number of Topliss-reactive ketones (excluding diaryl/α,β-unsaturated/α-hetero) is 1. The number of carbonyl (C=O) groups is 1. The Hall–Kier alpha value is -0.970. The highest BCUT2D eigenvalue weighted by Crippen LogP contribution is 2.60. The summed E-state index contributed by atoms with van der Waals surface area (Å²) in [7, 11) is 0. The van der Waals surface area contributed by atoms with Crippen molar-refractivity contribution in [3.8, 4) is 0 Å². The van der Waals surface area contributed by atoms with Gasteiger partial charge in [-0.3, -0.25) is 4.79 Å². The number of ketones is 1. The molecule has 2 rings (SSSR count). The predicted molar refractivity (Wildman–Crippen MR) is 94.3 cm³/mol. The van der Waals surface area contributed by atoms with E-state index >= 15 is 0 Å². The molecule has 4 nitrogen and oxygen atoms in total. The van der Waals surface area contributed by atoms with E-state index in [0.717, 1.165) is 18.4 Å². The quantitative estimate of drug-likeness (QED) is 0.675. The summed E-state index contributed by atoms with van der Waals surface area (Å²) >= 11 is 0. The van der Waals surface area contributed by atoms with Crippen LogP contribution in [0.3, 0.4) is 0 Å². The molecule has 5 unspecified atom stereocenters. The Morgan fingerprint density at radius 3 is 2.58 bits per heavy atom. The average Bonchev–Trinajstić information content (AvgIpc) is 2.49. The van der Waals surface area contributed by atoms with Crippen LogP contribution >= 0.6 is 0 Å². The largest absolute Gasteiger partial charge is 0.393 e. The van der Waals surface area contributed by atoms with Gasteiger partial charge in [-0.2, -0.15) is 0 Å². The second kappa shape index (κ2) is 6.74. The van der Waals surface area contributed by atoms with Gasteiger partial charge in [-0.1, -0.05) is 39.5 Å². The van der Waals surface area contributed by atoms with Crippen LogP contribution in [-0.4, -0.2) is 39.9 Å². The minimum Gasteiger partial charge on any atom is -0.393 e. The van der Waals surface area contributed by atoms with Gasteiger partial charge >= 0.3 is 0 Å². The molecule has 0 heterocycles. The summed E-state index contributed by atoms with van der Waals surface area (Å²) in [4.78, 5) is 12.4. The zero-order chi connectivity index (χ0) is 18.3. The lowest BCUT2D eigenvalue weighted by Crippen LogP contribution is -2.58. The third-order valence-electron chi connectivity index (χ3n) is 6.64. The summed E-state index contributed by atoms with van der Waals surface area (Å²) in [6.45, 7) is 13.9. The molecule has 2 saturated carbocycles. The zero-order valence-corrected chi connectivity index (χ0v) is 15.2. The van der Waals surface area contributed by atoms with Crippen molar-refractivity contribution < 1.29 is 20.1 Å². The molecule has 0 radical (unpaired) electrons. The van der Waals surface area contributed by atoms with E-state index in [9.17, 15) is 15.0 Å². The van der Waals surface area contributed by atoms with Crippen LogP contribution in [0, 0.1) is 22.7 Å². The van der Waals surface area contributed by atoms with Crippen LogP contribution in [0.2, 0.25) is 0 Å². The van der Waals surface area contributed by atoms with E-state index in [1.54, 1.807) is 0 Å². The van der Waals surface area contributed by atoms with Gasteiger partial charge < -0.3 is 15.3 Å². The van der Waals surface area contributed by atoms with Crippen molar-refractivity contribution >= 4 is 5.78 Å². The van der Waals surface area contributed by atoms with Crippen molar-refractivity contribution in [1.29, 1.82) is 0 Å². The zero-order valence-electron chi connectivity index (χ0n) is 15.2. The molecule has 0 bridgehead atoms. The number of aliphatic hydroxyl groups is 3. The number of hydrogen-bond acceptors (Lipinski definition) is 4. The molecule has 136 valence electrons. The minimum atomic E-state index is -0.888. The van der Waals surface area contributed by atoms with Crippen LogP contribution in [0.5, 0.6) is 0 Å². The molecule has 2 aliphatic rings. The van der Waals surface area contributed by atoms with Crippen LogP contribution in [-0.2, 0) is 4.79 Å². The van der Waals surface area contributed by atoms with E-state index in [-0.39, 0.29) is 29.6 Å². The highest BCUT2D eigenvalue weighted by molar-refractivity contribution is 5.85. The molecule has 3 N–H and O–H groups in total. The lowest BCUT2D eigenvalue weighted by molar-refractivity contribution is -0.158. The van der Waals surface area contributed by atoms with Crippen molar-refractivity contribution in [3.05, 3.63) is 24.3 Å². The maximum atomic E-state index is 12.4. The Morgan fingerprint density at radius 1 is 1.38 bits per heavy atom. The number of aliphatic hydroxyl groups excluding tert-OH is 3. The second-order valence-corrected chi connectivity index (χ2v) is 8.51. The number of fused-ring (bicyclic) bond motifs is 1. The fraction of sp³-hybridized carbons (Fsp3) is 0.750. The van der Waals surface area contributed by atoms with Crippen LogP contribution in [0.15, 0.2) is 24.3 Å². The third-order valence-corrected chi connectivity index (χ3v) is 6.64. The predicted octanol–water partition coefficient (Wildman–Crippen LogP) is 2.62. The summed E-state index contributed by atoms with van der Waals surface area (Å²) < 4.78 is 0. The smallest absolute Gasteiger partial charge is 0.138 e. The van der Waals surface area contributed by atoms with Crippen molar-refractivity contribution in [2.75, 3.05) is 6.61 Å². The molecule has 2 aliphatic carbocycles. The summed E-state index contributed by atoms with van der Waals surface area (Å²) in [5.74, 6) is 0.328. The maximum Gasteiger partial charge on any atom is 0.138 e. The van der Waals surface area contributed by atoms with Crippen molar-refractivity contribution in [3.63, 3.8) is 0 Å². The van der Waals surface area contributed by atoms with E-state index in [4.69, 9.17) is 5.11 Å². The standard InChI is InChI=1S/C20H32O4/c1-12(16(23)11-21)6-7-14-13(2)10-15(22)18-19(3,4)17(24)8-9-20(14,18)5/h14-16,18,21-23H,1-2,6-11H2,3-5H3. The Bertz CT molecular complexity index is 536. The highest BCUT2D eigenvalue weighted by atomic mass is 16.3. The Labute approximate surface area is 145 Å². The monoisotopic (exact) mass is 336 g/mol. The molecule has 24 heavy (non-hydrogen) atoms. The first-order chi connectivity index (χ1) is 11.1. The first-order valence-electron chi connectivity index (χ1n) is 8.91. The first kappa shape index (κ1) is 19.4. The van der Waals surface area contributed by atoms with Crippen molar-refractivity contribution in [1.82, 2.24) is 0 Å². The Balaban J connectivity index is 2.26. The number of carbonyl (C=O) groups excluding carboxylic acids is 1. The van der Waals surface area contributed by atoms with Crippen molar-refractivity contribution in [2.45, 2.75) is 65.1 Å². The third kappa shape index (κ3) is 3.12. The van der Waals surface area contributed by atoms with E-state index in [0.29, 0.717) is 24.8 Å².